The number of rotatable bonds is 5. The van der Waals surface area contributed by atoms with Crippen LogP contribution in [0.15, 0.2) is 84.9 Å². The van der Waals surface area contributed by atoms with Gasteiger partial charge in [0.2, 0.25) is 17.7 Å². The summed E-state index contributed by atoms with van der Waals surface area (Å²) in [5.74, 6) is -2.08. The lowest BCUT2D eigenvalue weighted by atomic mass is 9.76. The van der Waals surface area contributed by atoms with Gasteiger partial charge in [0.05, 0.1) is 11.8 Å². The first-order valence-electron chi connectivity index (χ1n) is 11.7. The fourth-order valence-electron chi connectivity index (χ4n) is 5.97. The first-order valence-corrected chi connectivity index (χ1v) is 11.7. The number of fused-ring (bicyclic) bond motifs is 4. The van der Waals surface area contributed by atoms with E-state index < -0.39 is 17.4 Å². The molecule has 0 aliphatic carbocycles. The van der Waals surface area contributed by atoms with Gasteiger partial charge in [0, 0.05) is 23.8 Å². The van der Waals surface area contributed by atoms with Crippen molar-refractivity contribution < 1.29 is 14.4 Å². The Morgan fingerprint density at radius 2 is 1.41 bits per heavy atom. The van der Waals surface area contributed by atoms with Gasteiger partial charge in [-0.3, -0.25) is 24.6 Å². The van der Waals surface area contributed by atoms with Gasteiger partial charge in [-0.2, -0.15) is 0 Å². The quantitative estimate of drug-likeness (QED) is 0.585. The number of hydrogen-bond acceptors (Lipinski definition) is 4. The average molecular weight is 452 g/mol. The summed E-state index contributed by atoms with van der Waals surface area (Å²) in [4.78, 5) is 42.4. The molecule has 4 atom stereocenters. The maximum absolute atomic E-state index is 13.8. The van der Waals surface area contributed by atoms with E-state index in [0.29, 0.717) is 25.1 Å². The number of anilines is 1. The second-order valence-corrected chi connectivity index (χ2v) is 9.32. The molecule has 0 aromatic heterocycles. The molecule has 4 unspecified atom stereocenters. The van der Waals surface area contributed by atoms with E-state index in [2.05, 4.69) is 10.6 Å². The summed E-state index contributed by atoms with van der Waals surface area (Å²) in [6.45, 7) is 0.312. The molecular formula is C28H25N3O3. The molecule has 6 rings (SSSR count). The number of amides is 3. The van der Waals surface area contributed by atoms with E-state index in [9.17, 15) is 14.4 Å². The number of hydrogen-bond donors (Lipinski definition) is 2. The van der Waals surface area contributed by atoms with E-state index >= 15 is 0 Å². The molecule has 34 heavy (non-hydrogen) atoms. The minimum atomic E-state index is -1.24. The zero-order valence-electron chi connectivity index (χ0n) is 18.6. The van der Waals surface area contributed by atoms with Crippen LogP contribution in [0.5, 0.6) is 0 Å². The molecule has 0 radical (unpaired) electrons. The maximum Gasteiger partial charge on any atom is 0.250 e. The Kier molecular flexibility index (Phi) is 4.85. The third kappa shape index (κ3) is 3.02. The van der Waals surface area contributed by atoms with Crippen molar-refractivity contribution in [1.82, 2.24) is 10.2 Å². The van der Waals surface area contributed by atoms with Gasteiger partial charge in [0.1, 0.15) is 5.54 Å². The van der Waals surface area contributed by atoms with Crippen LogP contribution >= 0.6 is 0 Å². The first-order chi connectivity index (χ1) is 16.6. The molecule has 3 aromatic rings. The van der Waals surface area contributed by atoms with E-state index in [4.69, 9.17) is 0 Å². The third-order valence-corrected chi connectivity index (χ3v) is 7.48. The average Bonchev–Trinajstić information content (AvgIpc) is 3.44. The van der Waals surface area contributed by atoms with Crippen molar-refractivity contribution in [2.75, 3.05) is 11.9 Å². The van der Waals surface area contributed by atoms with Gasteiger partial charge in [-0.25, -0.2) is 0 Å². The van der Waals surface area contributed by atoms with Gasteiger partial charge in [0.15, 0.2) is 0 Å². The molecule has 2 N–H and O–H groups in total. The molecule has 3 heterocycles. The number of nitrogens with one attached hydrogen (secondary N) is 2. The van der Waals surface area contributed by atoms with Crippen LogP contribution < -0.4 is 10.6 Å². The molecule has 0 bridgehead atoms. The summed E-state index contributed by atoms with van der Waals surface area (Å²) in [7, 11) is 0. The summed E-state index contributed by atoms with van der Waals surface area (Å²) in [6, 6.07) is 26.9. The normalized spacial score (nSPS) is 27.2. The highest BCUT2D eigenvalue weighted by molar-refractivity contribution is 6.15. The van der Waals surface area contributed by atoms with E-state index in [1.165, 1.54) is 4.90 Å². The molecule has 2 saturated heterocycles. The van der Waals surface area contributed by atoms with Crippen molar-refractivity contribution in [2.45, 2.75) is 24.4 Å². The summed E-state index contributed by atoms with van der Waals surface area (Å²) in [5.41, 5.74) is 2.33. The molecule has 0 saturated carbocycles. The number of carbonyl (C=O) groups is 3. The van der Waals surface area contributed by atoms with E-state index in [1.807, 2.05) is 84.9 Å². The van der Waals surface area contributed by atoms with Crippen LogP contribution in [-0.2, 0) is 32.8 Å². The van der Waals surface area contributed by atoms with Gasteiger partial charge in [0.25, 0.3) is 0 Å². The topological polar surface area (TPSA) is 78.5 Å². The number of likely N-dealkylation sites (tertiary alicyclic amines) is 1. The molecule has 3 aliphatic rings. The molecule has 6 heteroatoms. The molecule has 170 valence electrons. The van der Waals surface area contributed by atoms with Crippen LogP contribution in [0.3, 0.4) is 0 Å². The summed E-state index contributed by atoms with van der Waals surface area (Å²) in [6.07, 6.45) is 1.15. The standard InChI is InChI=1S/C28H25N3O3/c32-25-23-22(17-19-11-5-2-6-12-19)30-28(20-13-7-8-14-21(20)29-27(28)34)24(23)26(33)31(25)16-15-18-9-3-1-4-10-18/h1-14,22-24,30H,15-17H2,(H,29,34). The highest BCUT2D eigenvalue weighted by Crippen LogP contribution is 2.53. The number of para-hydroxylation sites is 1. The Morgan fingerprint density at radius 3 is 2.15 bits per heavy atom. The summed E-state index contributed by atoms with van der Waals surface area (Å²) < 4.78 is 0. The number of benzene rings is 3. The number of carbonyl (C=O) groups excluding carboxylic acids is 3. The van der Waals surface area contributed by atoms with Crippen LogP contribution in [0.1, 0.15) is 16.7 Å². The maximum atomic E-state index is 13.8. The Balaban J connectivity index is 1.39. The van der Waals surface area contributed by atoms with Crippen LogP contribution in [0.4, 0.5) is 5.69 Å². The van der Waals surface area contributed by atoms with Crippen LogP contribution in [0.2, 0.25) is 0 Å². The van der Waals surface area contributed by atoms with Crippen molar-refractivity contribution in [2.24, 2.45) is 11.8 Å². The fourth-order valence-corrected chi connectivity index (χ4v) is 5.97. The SMILES string of the molecule is O=C1C2C(Cc3ccccc3)NC3(C(=O)Nc4ccccc43)C2C(=O)N1CCc1ccccc1. The third-order valence-electron chi connectivity index (χ3n) is 7.48. The molecular weight excluding hydrogens is 426 g/mol. The highest BCUT2D eigenvalue weighted by atomic mass is 16.2. The predicted molar refractivity (Wildman–Crippen MR) is 128 cm³/mol. The molecule has 1 spiro atoms. The van der Waals surface area contributed by atoms with Gasteiger partial charge in [-0.15, -0.1) is 0 Å². The molecule has 6 nitrogen and oxygen atoms in total. The number of nitrogens with zero attached hydrogens (tertiary/aromatic N) is 1. The van der Waals surface area contributed by atoms with Crippen molar-refractivity contribution in [3.63, 3.8) is 0 Å². The minimum absolute atomic E-state index is 0.187. The lowest BCUT2D eigenvalue weighted by Crippen LogP contribution is -2.53. The Labute approximate surface area is 198 Å². The second-order valence-electron chi connectivity index (χ2n) is 9.32. The monoisotopic (exact) mass is 451 g/mol. The Morgan fingerprint density at radius 1 is 0.765 bits per heavy atom. The zero-order valence-corrected chi connectivity index (χ0v) is 18.6. The van der Waals surface area contributed by atoms with Crippen molar-refractivity contribution in [3.05, 3.63) is 102 Å². The summed E-state index contributed by atoms with van der Waals surface area (Å²) in [5, 5.41) is 6.45. The van der Waals surface area contributed by atoms with Gasteiger partial charge in [-0.1, -0.05) is 78.9 Å². The zero-order chi connectivity index (χ0) is 23.3. The van der Waals surface area contributed by atoms with Gasteiger partial charge >= 0.3 is 0 Å². The fraction of sp³-hybridized carbons (Fsp3) is 0.250. The first kappa shape index (κ1) is 20.8. The van der Waals surface area contributed by atoms with Crippen molar-refractivity contribution >= 4 is 23.4 Å². The Bertz CT molecular complexity index is 1280. The van der Waals surface area contributed by atoms with E-state index in [1.54, 1.807) is 0 Å². The van der Waals surface area contributed by atoms with E-state index in [-0.39, 0.29) is 23.8 Å². The van der Waals surface area contributed by atoms with Gasteiger partial charge < -0.3 is 5.32 Å². The molecule has 3 aliphatic heterocycles. The summed E-state index contributed by atoms with van der Waals surface area (Å²) >= 11 is 0. The highest BCUT2D eigenvalue weighted by Gasteiger charge is 2.70. The largest absolute Gasteiger partial charge is 0.324 e. The lowest BCUT2D eigenvalue weighted by molar-refractivity contribution is -0.142. The molecule has 3 aromatic carbocycles. The van der Waals surface area contributed by atoms with Crippen LogP contribution in [0, 0.1) is 11.8 Å². The lowest BCUT2D eigenvalue weighted by Gasteiger charge is -2.29. The smallest absolute Gasteiger partial charge is 0.250 e. The second kappa shape index (κ2) is 7.92. The number of imide groups is 1. The Hall–Kier alpha value is -3.77. The van der Waals surface area contributed by atoms with Crippen LogP contribution in [-0.4, -0.2) is 35.2 Å². The van der Waals surface area contributed by atoms with Gasteiger partial charge in [-0.05, 0) is 30.0 Å². The molecule has 3 amide bonds. The minimum Gasteiger partial charge on any atom is -0.324 e. The van der Waals surface area contributed by atoms with Crippen molar-refractivity contribution in [3.8, 4) is 0 Å². The molecule has 2 fully saturated rings. The predicted octanol–water partition coefficient (Wildman–Crippen LogP) is 2.89. The van der Waals surface area contributed by atoms with E-state index in [0.717, 1.165) is 16.7 Å². The van der Waals surface area contributed by atoms with Crippen molar-refractivity contribution in [1.29, 1.82) is 0 Å². The van der Waals surface area contributed by atoms with Crippen LogP contribution in [0.25, 0.3) is 0 Å².